The van der Waals surface area contributed by atoms with Crippen LogP contribution in [0.15, 0.2) is 0 Å². The maximum Gasteiger partial charge on any atom is 0.304 e. The molecule has 0 aliphatic heterocycles. The lowest BCUT2D eigenvalue weighted by Crippen LogP contribution is -2.29. The van der Waals surface area contributed by atoms with Gasteiger partial charge in [0.05, 0.1) is 7.11 Å². The van der Waals surface area contributed by atoms with Crippen LogP contribution in [0.4, 0.5) is 4.39 Å². The summed E-state index contributed by atoms with van der Waals surface area (Å²) in [6.07, 6.45) is 1.44. The minimum Gasteiger partial charge on any atom is -0.272 e. The van der Waals surface area contributed by atoms with Crippen molar-refractivity contribution < 1.29 is 17.0 Å². The maximum absolute atomic E-state index is 13.0. The van der Waals surface area contributed by atoms with Crippen LogP contribution in [-0.2, 0) is 19.7 Å². The van der Waals surface area contributed by atoms with Crippen LogP contribution >= 0.6 is 0 Å². The summed E-state index contributed by atoms with van der Waals surface area (Å²) in [4.78, 5) is 0. The van der Waals surface area contributed by atoms with E-state index < -0.39 is 23.6 Å². The fraction of sp³-hybridized carbons (Fsp3) is 1.00. The first-order chi connectivity index (χ1) is 5.74. The fourth-order valence-electron chi connectivity index (χ4n) is 1.30. The van der Waals surface area contributed by atoms with Crippen molar-refractivity contribution in [2.45, 2.75) is 38.0 Å². The Labute approximate surface area is 74.1 Å². The van der Waals surface area contributed by atoms with Gasteiger partial charge in [0, 0.05) is 0 Å². The first-order valence-electron chi connectivity index (χ1n) is 4.01. The van der Waals surface area contributed by atoms with Crippen molar-refractivity contribution in [1.29, 1.82) is 0 Å². The molecule has 0 aromatic rings. The molecule has 12 heavy (non-hydrogen) atoms. The Morgan fingerprint density at radius 2 is 2.08 bits per heavy atom. The van der Waals surface area contributed by atoms with Crippen LogP contribution < -0.4 is 0 Å². The maximum atomic E-state index is 13.0. The van der Waals surface area contributed by atoms with Crippen LogP contribution in [0.3, 0.4) is 0 Å². The molecule has 1 saturated carbocycles. The van der Waals surface area contributed by atoms with E-state index >= 15 is 0 Å². The molecule has 0 bridgehead atoms. The van der Waals surface area contributed by atoms with Gasteiger partial charge < -0.3 is 0 Å². The number of hydrogen-bond acceptors (Lipinski definition) is 3. The lowest BCUT2D eigenvalue weighted by atomic mass is 9.96. The van der Waals surface area contributed by atoms with Crippen molar-refractivity contribution in [1.82, 2.24) is 0 Å². The van der Waals surface area contributed by atoms with Gasteiger partial charge in [-0.15, -0.1) is 0 Å². The Bertz CT molecular complexity index is 165. The Hall–Kier alpha value is -0.0000000000000000278. The van der Waals surface area contributed by atoms with E-state index in [0.717, 1.165) is 12.8 Å². The third-order valence-electron chi connectivity index (χ3n) is 1.96. The SMILES string of the molecule is COS(=O)OC1CCCCC1F. The second kappa shape index (κ2) is 4.89. The predicted octanol–water partition coefficient (Wildman–Crippen LogP) is 1.51. The van der Waals surface area contributed by atoms with E-state index in [2.05, 4.69) is 4.18 Å². The van der Waals surface area contributed by atoms with E-state index in [0.29, 0.717) is 12.8 Å². The number of alkyl halides is 1. The largest absolute Gasteiger partial charge is 0.304 e. The van der Waals surface area contributed by atoms with Crippen molar-refractivity contribution in [3.63, 3.8) is 0 Å². The molecule has 3 nitrogen and oxygen atoms in total. The molecule has 0 aromatic carbocycles. The van der Waals surface area contributed by atoms with E-state index in [1.165, 1.54) is 7.11 Å². The number of hydrogen-bond donors (Lipinski definition) is 0. The normalized spacial score (nSPS) is 33.2. The Morgan fingerprint density at radius 1 is 1.42 bits per heavy atom. The highest BCUT2D eigenvalue weighted by atomic mass is 32.2. The molecular formula is C7H13FO3S. The number of rotatable bonds is 3. The highest BCUT2D eigenvalue weighted by Gasteiger charge is 2.27. The van der Waals surface area contributed by atoms with E-state index in [1.54, 1.807) is 0 Å². The summed E-state index contributed by atoms with van der Waals surface area (Å²) >= 11 is -1.79. The highest BCUT2D eigenvalue weighted by molar-refractivity contribution is 7.75. The smallest absolute Gasteiger partial charge is 0.272 e. The van der Waals surface area contributed by atoms with Crippen molar-refractivity contribution in [3.05, 3.63) is 0 Å². The quantitative estimate of drug-likeness (QED) is 0.686. The standard InChI is InChI=1S/C7H13FO3S/c1-10-12(9)11-7-5-3-2-4-6(7)8/h6-7H,2-5H2,1H3. The van der Waals surface area contributed by atoms with Gasteiger partial charge in [0.25, 0.3) is 0 Å². The molecule has 3 unspecified atom stereocenters. The van der Waals surface area contributed by atoms with Gasteiger partial charge in [0.15, 0.2) is 0 Å². The molecule has 0 spiro atoms. The summed E-state index contributed by atoms with van der Waals surface area (Å²) in [6, 6.07) is 0. The minimum absolute atomic E-state index is 0.506. The van der Waals surface area contributed by atoms with Crippen LogP contribution in [0, 0.1) is 0 Å². The van der Waals surface area contributed by atoms with Gasteiger partial charge in [-0.25, -0.2) is 4.39 Å². The average Bonchev–Trinajstić information content (AvgIpc) is 2.09. The second-order valence-corrected chi connectivity index (χ2v) is 3.74. The van der Waals surface area contributed by atoms with Gasteiger partial charge in [-0.05, 0) is 12.8 Å². The monoisotopic (exact) mass is 196 g/mol. The molecule has 5 heteroatoms. The van der Waals surface area contributed by atoms with Gasteiger partial charge in [0.2, 0.25) is 0 Å². The van der Waals surface area contributed by atoms with Crippen LogP contribution in [0.1, 0.15) is 25.7 Å². The van der Waals surface area contributed by atoms with Crippen LogP contribution in [-0.4, -0.2) is 23.6 Å². The van der Waals surface area contributed by atoms with Gasteiger partial charge in [-0.2, -0.15) is 4.21 Å². The van der Waals surface area contributed by atoms with Crippen LogP contribution in [0.2, 0.25) is 0 Å². The zero-order valence-electron chi connectivity index (χ0n) is 6.99. The molecule has 3 atom stereocenters. The first-order valence-corrected chi connectivity index (χ1v) is 5.01. The van der Waals surface area contributed by atoms with E-state index in [-0.39, 0.29) is 0 Å². The molecule has 72 valence electrons. The summed E-state index contributed by atoms with van der Waals surface area (Å²) in [5.41, 5.74) is 0. The van der Waals surface area contributed by atoms with Crippen LogP contribution in [0.25, 0.3) is 0 Å². The topological polar surface area (TPSA) is 35.5 Å². The summed E-state index contributed by atoms with van der Waals surface area (Å²) < 4.78 is 33.0. The van der Waals surface area contributed by atoms with Gasteiger partial charge in [-0.3, -0.25) is 8.37 Å². The molecule has 0 heterocycles. The third kappa shape index (κ3) is 2.80. The third-order valence-corrected chi connectivity index (χ3v) is 2.64. The predicted molar refractivity (Wildman–Crippen MR) is 43.4 cm³/mol. The fourth-order valence-corrected chi connectivity index (χ4v) is 1.80. The van der Waals surface area contributed by atoms with Crippen LogP contribution in [0.5, 0.6) is 0 Å². The van der Waals surface area contributed by atoms with Crippen molar-refractivity contribution in [2.24, 2.45) is 0 Å². The molecule has 1 rings (SSSR count). The summed E-state index contributed by atoms with van der Waals surface area (Å²) in [5.74, 6) is 0. The molecule has 1 fully saturated rings. The van der Waals surface area contributed by atoms with Crippen molar-refractivity contribution in [2.75, 3.05) is 7.11 Å². The molecule has 0 amide bonds. The van der Waals surface area contributed by atoms with E-state index in [9.17, 15) is 8.60 Å². The van der Waals surface area contributed by atoms with E-state index in [4.69, 9.17) is 4.18 Å². The molecule has 1 aliphatic rings. The zero-order chi connectivity index (χ0) is 8.97. The Balaban J connectivity index is 2.33. The molecule has 0 radical (unpaired) electrons. The molecule has 0 saturated heterocycles. The first kappa shape index (κ1) is 10.1. The summed E-state index contributed by atoms with van der Waals surface area (Å²) in [5, 5.41) is 0. The van der Waals surface area contributed by atoms with Gasteiger partial charge in [0.1, 0.15) is 12.3 Å². The summed E-state index contributed by atoms with van der Waals surface area (Å²) in [7, 11) is 1.27. The second-order valence-electron chi connectivity index (χ2n) is 2.81. The Kier molecular flexibility index (Phi) is 4.11. The minimum atomic E-state index is -1.79. The molecule has 0 aromatic heterocycles. The van der Waals surface area contributed by atoms with E-state index in [1.807, 2.05) is 0 Å². The molecule has 0 N–H and O–H groups in total. The van der Waals surface area contributed by atoms with Crippen molar-refractivity contribution in [3.8, 4) is 0 Å². The molecular weight excluding hydrogens is 183 g/mol. The lowest BCUT2D eigenvalue weighted by molar-refractivity contribution is 0.0648. The van der Waals surface area contributed by atoms with Gasteiger partial charge >= 0.3 is 11.4 Å². The lowest BCUT2D eigenvalue weighted by Gasteiger charge is -2.23. The average molecular weight is 196 g/mol. The summed E-state index contributed by atoms with van der Waals surface area (Å²) in [6.45, 7) is 0. The van der Waals surface area contributed by atoms with Gasteiger partial charge in [-0.1, -0.05) is 12.8 Å². The Morgan fingerprint density at radius 3 is 2.67 bits per heavy atom. The van der Waals surface area contributed by atoms with Crippen molar-refractivity contribution >= 4 is 11.4 Å². The zero-order valence-corrected chi connectivity index (χ0v) is 7.81. The highest BCUT2D eigenvalue weighted by Crippen LogP contribution is 2.24. The molecule has 1 aliphatic carbocycles. The number of halogens is 1.